The topological polar surface area (TPSA) is 72.2 Å². The van der Waals surface area contributed by atoms with Crippen LogP contribution in [0.4, 0.5) is 10.1 Å². The summed E-state index contributed by atoms with van der Waals surface area (Å²) in [6.07, 6.45) is 0. The third-order valence-corrected chi connectivity index (χ3v) is 4.03. The van der Waals surface area contributed by atoms with Crippen LogP contribution in [0.15, 0.2) is 40.9 Å². The lowest BCUT2D eigenvalue weighted by Gasteiger charge is -2.09. The number of hydrogen-bond acceptors (Lipinski definition) is 2. The Morgan fingerprint density at radius 2 is 1.90 bits per heavy atom. The van der Waals surface area contributed by atoms with Crippen LogP contribution in [0.1, 0.15) is 20.7 Å². The number of rotatable bonds is 3. The number of halogens is 3. The molecule has 0 atom stereocenters. The van der Waals surface area contributed by atoms with Crippen LogP contribution < -0.4 is 11.1 Å². The molecule has 2 aromatic rings. The van der Waals surface area contributed by atoms with Crippen LogP contribution in [0.5, 0.6) is 0 Å². The van der Waals surface area contributed by atoms with Crippen molar-refractivity contribution in [1.29, 1.82) is 0 Å². The number of benzene rings is 2. The first kappa shape index (κ1) is 15.9. The van der Waals surface area contributed by atoms with E-state index >= 15 is 0 Å². The van der Waals surface area contributed by atoms with E-state index in [-0.39, 0.29) is 11.3 Å². The molecule has 0 aliphatic carbocycles. The first-order valence-electron chi connectivity index (χ1n) is 5.74. The Bertz CT molecular complexity index is 737. The van der Waals surface area contributed by atoms with Gasteiger partial charge in [0.1, 0.15) is 5.82 Å². The quantitative estimate of drug-likeness (QED) is 0.685. The molecule has 108 valence electrons. The van der Waals surface area contributed by atoms with Gasteiger partial charge in [-0.1, -0.05) is 0 Å². The van der Waals surface area contributed by atoms with Crippen LogP contribution in [0.3, 0.4) is 0 Å². The zero-order valence-corrected chi connectivity index (χ0v) is 14.2. The molecule has 2 amide bonds. The van der Waals surface area contributed by atoms with Gasteiger partial charge in [-0.25, -0.2) is 4.39 Å². The van der Waals surface area contributed by atoms with Crippen molar-refractivity contribution in [3.8, 4) is 0 Å². The Balaban J connectivity index is 2.33. The predicted molar refractivity (Wildman–Crippen MR) is 89.7 cm³/mol. The summed E-state index contributed by atoms with van der Waals surface area (Å²) in [4.78, 5) is 23.3. The fourth-order valence-corrected chi connectivity index (χ4v) is 2.55. The van der Waals surface area contributed by atoms with E-state index in [1.54, 1.807) is 12.1 Å². The fourth-order valence-electron chi connectivity index (χ4n) is 1.64. The summed E-state index contributed by atoms with van der Waals surface area (Å²) < 4.78 is 15.2. The largest absolute Gasteiger partial charge is 0.366 e. The van der Waals surface area contributed by atoms with E-state index in [2.05, 4.69) is 43.8 Å². The highest BCUT2D eigenvalue weighted by Crippen LogP contribution is 2.22. The molecular weight excluding hydrogens is 454 g/mol. The van der Waals surface area contributed by atoms with E-state index in [0.29, 0.717) is 10.0 Å². The standard InChI is InChI=1S/C14H9BrFIN2O2/c15-10-3-2-8(17)6-9(10)14(21)19-12-5-7(13(18)20)1-4-11(12)16/h1-6H,(H2,18,20)(H,19,21). The predicted octanol–water partition coefficient (Wildman–Crippen LogP) is 3.54. The highest BCUT2D eigenvalue weighted by Gasteiger charge is 2.14. The van der Waals surface area contributed by atoms with Gasteiger partial charge in [0.2, 0.25) is 5.91 Å². The summed E-state index contributed by atoms with van der Waals surface area (Å²) in [6.45, 7) is 0. The Morgan fingerprint density at radius 1 is 1.19 bits per heavy atom. The molecule has 0 fully saturated rings. The van der Waals surface area contributed by atoms with Gasteiger partial charge >= 0.3 is 0 Å². The third kappa shape index (κ3) is 3.79. The van der Waals surface area contributed by atoms with E-state index in [1.165, 1.54) is 12.1 Å². The molecule has 0 bridgehead atoms. The number of carbonyl (C=O) groups is 2. The van der Waals surface area contributed by atoms with Gasteiger partial charge in [0, 0.05) is 13.6 Å². The van der Waals surface area contributed by atoms with Gasteiger partial charge < -0.3 is 11.1 Å². The van der Waals surface area contributed by atoms with E-state index in [4.69, 9.17) is 5.73 Å². The molecule has 0 heterocycles. The molecule has 7 heteroatoms. The lowest BCUT2D eigenvalue weighted by Crippen LogP contribution is -2.16. The van der Waals surface area contributed by atoms with Gasteiger partial charge in [-0.05, 0) is 74.9 Å². The van der Waals surface area contributed by atoms with Crippen LogP contribution in [0.2, 0.25) is 0 Å². The van der Waals surface area contributed by atoms with Gasteiger partial charge in [0.25, 0.3) is 5.91 Å². The molecule has 0 spiro atoms. The molecule has 2 aromatic carbocycles. The first-order chi connectivity index (χ1) is 9.88. The van der Waals surface area contributed by atoms with E-state index in [9.17, 15) is 14.0 Å². The fraction of sp³-hybridized carbons (Fsp3) is 0. The molecule has 0 radical (unpaired) electrons. The second-order valence-corrected chi connectivity index (χ2v) is 6.24. The van der Waals surface area contributed by atoms with Crippen molar-refractivity contribution in [2.75, 3.05) is 5.32 Å². The average molecular weight is 463 g/mol. The van der Waals surface area contributed by atoms with Gasteiger partial charge in [0.15, 0.2) is 0 Å². The van der Waals surface area contributed by atoms with Gasteiger partial charge in [-0.3, -0.25) is 9.59 Å². The van der Waals surface area contributed by atoms with Gasteiger partial charge in [0.05, 0.1) is 11.3 Å². The SMILES string of the molecule is NC(=O)c1ccc(F)c(NC(=O)c2cc(I)ccc2Br)c1. The summed E-state index contributed by atoms with van der Waals surface area (Å²) in [5, 5.41) is 2.43. The lowest BCUT2D eigenvalue weighted by molar-refractivity contribution is 0.0996. The maximum absolute atomic E-state index is 13.7. The zero-order valence-electron chi connectivity index (χ0n) is 10.5. The number of primary amides is 1. The number of nitrogens with one attached hydrogen (secondary N) is 1. The van der Waals surface area contributed by atoms with Gasteiger partial charge in [-0.15, -0.1) is 0 Å². The summed E-state index contributed by atoms with van der Waals surface area (Å²) in [6, 6.07) is 8.77. The van der Waals surface area contributed by atoms with Crippen molar-refractivity contribution < 1.29 is 14.0 Å². The Kier molecular flexibility index (Phi) is 4.94. The lowest BCUT2D eigenvalue weighted by atomic mass is 10.1. The molecule has 0 saturated heterocycles. The van der Waals surface area contributed by atoms with Gasteiger partial charge in [-0.2, -0.15) is 0 Å². The Hall–Kier alpha value is -1.48. The van der Waals surface area contributed by atoms with Crippen molar-refractivity contribution in [2.24, 2.45) is 5.73 Å². The van der Waals surface area contributed by atoms with E-state index in [0.717, 1.165) is 9.64 Å². The zero-order chi connectivity index (χ0) is 15.6. The van der Waals surface area contributed by atoms with Crippen molar-refractivity contribution in [3.05, 3.63) is 61.4 Å². The summed E-state index contributed by atoms with van der Waals surface area (Å²) in [7, 11) is 0. The maximum Gasteiger partial charge on any atom is 0.256 e. The molecular formula is C14H9BrFIN2O2. The molecule has 0 unspecified atom stereocenters. The number of nitrogens with two attached hydrogens (primary N) is 1. The number of carbonyl (C=O) groups excluding carboxylic acids is 2. The minimum absolute atomic E-state index is 0.0953. The smallest absolute Gasteiger partial charge is 0.256 e. The number of amides is 2. The van der Waals surface area contributed by atoms with E-state index < -0.39 is 17.6 Å². The normalized spacial score (nSPS) is 10.2. The van der Waals surface area contributed by atoms with Crippen LogP contribution in [0.25, 0.3) is 0 Å². The number of hydrogen-bond donors (Lipinski definition) is 2. The molecule has 0 aliphatic heterocycles. The first-order valence-corrected chi connectivity index (χ1v) is 7.61. The van der Waals surface area contributed by atoms with Crippen LogP contribution >= 0.6 is 38.5 Å². The maximum atomic E-state index is 13.7. The highest BCUT2D eigenvalue weighted by molar-refractivity contribution is 14.1. The molecule has 3 N–H and O–H groups in total. The van der Waals surface area contributed by atoms with Crippen LogP contribution in [-0.2, 0) is 0 Å². The minimum Gasteiger partial charge on any atom is -0.366 e. The number of anilines is 1. The second-order valence-electron chi connectivity index (χ2n) is 4.14. The van der Waals surface area contributed by atoms with Crippen LogP contribution in [0, 0.1) is 9.39 Å². The minimum atomic E-state index is -0.694. The second kappa shape index (κ2) is 6.52. The van der Waals surface area contributed by atoms with E-state index in [1.807, 2.05) is 6.07 Å². The van der Waals surface area contributed by atoms with Crippen LogP contribution in [-0.4, -0.2) is 11.8 Å². The van der Waals surface area contributed by atoms with Crippen molar-refractivity contribution >= 4 is 56.0 Å². The summed E-state index contributed by atoms with van der Waals surface area (Å²) >= 11 is 5.34. The van der Waals surface area contributed by atoms with Crippen molar-refractivity contribution in [3.63, 3.8) is 0 Å². The average Bonchev–Trinajstić information content (AvgIpc) is 2.43. The Morgan fingerprint density at radius 3 is 2.57 bits per heavy atom. The van der Waals surface area contributed by atoms with Crippen molar-refractivity contribution in [2.45, 2.75) is 0 Å². The summed E-state index contributed by atoms with van der Waals surface area (Å²) in [5.41, 5.74) is 5.53. The molecule has 0 aliphatic rings. The monoisotopic (exact) mass is 462 g/mol. The summed E-state index contributed by atoms with van der Waals surface area (Å²) in [5.74, 6) is -1.82. The third-order valence-electron chi connectivity index (χ3n) is 2.67. The molecule has 4 nitrogen and oxygen atoms in total. The molecule has 21 heavy (non-hydrogen) atoms. The Labute approximate surface area is 142 Å². The molecule has 2 rings (SSSR count). The molecule has 0 aromatic heterocycles. The van der Waals surface area contributed by atoms with Crippen molar-refractivity contribution in [1.82, 2.24) is 0 Å². The highest BCUT2D eigenvalue weighted by atomic mass is 127. The molecule has 0 saturated carbocycles.